The molecule has 4 heteroatoms. The minimum Gasteiger partial charge on any atom is -0.465 e. The van der Waals surface area contributed by atoms with E-state index in [1.165, 1.54) is 11.1 Å². The zero-order valence-corrected chi connectivity index (χ0v) is 13.6. The second-order valence-corrected chi connectivity index (χ2v) is 7.03. The molecule has 1 aliphatic heterocycles. The third kappa shape index (κ3) is 2.57. The van der Waals surface area contributed by atoms with Gasteiger partial charge in [0.2, 0.25) is 0 Å². The summed E-state index contributed by atoms with van der Waals surface area (Å²) in [6, 6.07) is 21.5. The van der Waals surface area contributed by atoms with Gasteiger partial charge in [-0.3, -0.25) is 4.90 Å². The maximum absolute atomic E-state index is 11.0. The lowest BCUT2D eigenvalue weighted by Crippen LogP contribution is -2.71. The first-order valence-corrected chi connectivity index (χ1v) is 8.51. The van der Waals surface area contributed by atoms with Crippen LogP contribution in [0.25, 0.3) is 0 Å². The first-order chi connectivity index (χ1) is 11.7. The molecule has 0 bridgehead atoms. The van der Waals surface area contributed by atoms with Crippen LogP contribution in [0.2, 0.25) is 0 Å². The first-order valence-electron chi connectivity index (χ1n) is 8.51. The van der Waals surface area contributed by atoms with Crippen molar-refractivity contribution in [1.29, 1.82) is 0 Å². The molecule has 1 saturated carbocycles. The van der Waals surface area contributed by atoms with E-state index in [1.54, 1.807) is 0 Å². The number of likely N-dealkylation sites (tertiary alicyclic amines) is 1. The van der Waals surface area contributed by atoms with Crippen LogP contribution in [0.3, 0.4) is 0 Å². The molecule has 2 aromatic carbocycles. The van der Waals surface area contributed by atoms with Crippen molar-refractivity contribution in [2.75, 3.05) is 13.1 Å². The highest BCUT2D eigenvalue weighted by Gasteiger charge is 2.56. The van der Waals surface area contributed by atoms with Crippen molar-refractivity contribution < 1.29 is 9.90 Å². The van der Waals surface area contributed by atoms with E-state index in [9.17, 15) is 4.79 Å². The summed E-state index contributed by atoms with van der Waals surface area (Å²) < 4.78 is 0. The van der Waals surface area contributed by atoms with E-state index in [-0.39, 0.29) is 17.5 Å². The maximum Gasteiger partial charge on any atom is 0.404 e. The molecule has 24 heavy (non-hydrogen) atoms. The van der Waals surface area contributed by atoms with Crippen molar-refractivity contribution in [3.8, 4) is 0 Å². The average molecular weight is 322 g/mol. The topological polar surface area (TPSA) is 52.6 Å². The number of hydrogen-bond acceptors (Lipinski definition) is 2. The molecule has 4 nitrogen and oxygen atoms in total. The lowest BCUT2D eigenvalue weighted by molar-refractivity contribution is -0.101. The molecule has 0 unspecified atom stereocenters. The summed E-state index contributed by atoms with van der Waals surface area (Å²) in [4.78, 5) is 13.4. The van der Waals surface area contributed by atoms with E-state index in [0.29, 0.717) is 0 Å². The normalized spacial score (nSPS) is 22.0. The predicted molar refractivity (Wildman–Crippen MR) is 92.9 cm³/mol. The van der Waals surface area contributed by atoms with Crippen molar-refractivity contribution in [2.45, 2.75) is 24.9 Å². The van der Waals surface area contributed by atoms with Gasteiger partial charge in [-0.1, -0.05) is 60.7 Å². The van der Waals surface area contributed by atoms with Gasteiger partial charge < -0.3 is 10.4 Å². The molecule has 0 radical (unpaired) electrons. The number of nitrogens with one attached hydrogen (secondary N) is 1. The van der Waals surface area contributed by atoms with Crippen LogP contribution in [-0.2, 0) is 0 Å². The number of carbonyl (C=O) groups is 1. The SMILES string of the molecule is O=C(O)N[C@H]1CCC12CN(C(c1ccccc1)c1ccccc1)C2. The zero-order chi connectivity index (χ0) is 16.6. The molecule has 0 aromatic heterocycles. The molecule has 1 atom stereocenters. The summed E-state index contributed by atoms with van der Waals surface area (Å²) in [6.45, 7) is 1.90. The second-order valence-electron chi connectivity index (χ2n) is 7.03. The second kappa shape index (κ2) is 5.95. The summed E-state index contributed by atoms with van der Waals surface area (Å²) in [7, 11) is 0. The van der Waals surface area contributed by atoms with E-state index < -0.39 is 6.09 Å². The van der Waals surface area contributed by atoms with Crippen molar-refractivity contribution in [1.82, 2.24) is 10.2 Å². The summed E-state index contributed by atoms with van der Waals surface area (Å²) in [5, 5.41) is 11.7. The lowest BCUT2D eigenvalue weighted by Gasteiger charge is -2.62. The van der Waals surface area contributed by atoms with E-state index in [0.717, 1.165) is 25.9 Å². The van der Waals surface area contributed by atoms with Crippen molar-refractivity contribution in [3.05, 3.63) is 71.8 Å². The first kappa shape index (κ1) is 15.2. The average Bonchev–Trinajstić information content (AvgIpc) is 2.56. The molecule has 4 rings (SSSR count). The van der Waals surface area contributed by atoms with Crippen molar-refractivity contribution in [3.63, 3.8) is 0 Å². The highest BCUT2D eigenvalue weighted by molar-refractivity contribution is 5.65. The van der Waals surface area contributed by atoms with Gasteiger partial charge in [-0.15, -0.1) is 0 Å². The molecule has 1 amide bonds. The lowest BCUT2D eigenvalue weighted by atomic mass is 9.59. The third-order valence-electron chi connectivity index (χ3n) is 5.60. The third-order valence-corrected chi connectivity index (χ3v) is 5.60. The Morgan fingerprint density at radius 2 is 1.58 bits per heavy atom. The number of carboxylic acid groups (broad SMARTS) is 1. The molecular weight excluding hydrogens is 300 g/mol. The molecule has 1 heterocycles. The Kier molecular flexibility index (Phi) is 3.77. The molecule has 1 saturated heterocycles. The van der Waals surface area contributed by atoms with E-state index in [2.05, 4.69) is 58.7 Å². The van der Waals surface area contributed by atoms with Gasteiger partial charge >= 0.3 is 6.09 Å². The van der Waals surface area contributed by atoms with Crippen molar-refractivity contribution >= 4 is 6.09 Å². The van der Waals surface area contributed by atoms with E-state index in [4.69, 9.17) is 5.11 Å². The van der Waals surface area contributed by atoms with Gasteiger partial charge in [0, 0.05) is 24.5 Å². The largest absolute Gasteiger partial charge is 0.465 e. The summed E-state index contributed by atoms with van der Waals surface area (Å²) in [6.07, 6.45) is 1.17. The van der Waals surface area contributed by atoms with Crippen LogP contribution in [0.1, 0.15) is 30.0 Å². The number of amides is 1. The van der Waals surface area contributed by atoms with Crippen LogP contribution in [0.15, 0.2) is 60.7 Å². The Bertz CT molecular complexity index is 671. The minimum absolute atomic E-state index is 0.110. The van der Waals surface area contributed by atoms with Crippen molar-refractivity contribution in [2.24, 2.45) is 5.41 Å². The van der Waals surface area contributed by atoms with Crippen LogP contribution >= 0.6 is 0 Å². The molecule has 1 spiro atoms. The highest BCUT2D eigenvalue weighted by atomic mass is 16.4. The molecule has 1 aliphatic carbocycles. The Morgan fingerprint density at radius 3 is 2.00 bits per heavy atom. The Hall–Kier alpha value is -2.33. The minimum atomic E-state index is -0.903. The smallest absolute Gasteiger partial charge is 0.404 e. The van der Waals surface area contributed by atoms with Crippen LogP contribution in [0.4, 0.5) is 4.79 Å². The zero-order valence-electron chi connectivity index (χ0n) is 13.6. The Labute approximate surface area is 142 Å². The van der Waals surface area contributed by atoms with Gasteiger partial charge in [0.05, 0.1) is 6.04 Å². The molecule has 2 N–H and O–H groups in total. The van der Waals surface area contributed by atoms with Gasteiger partial charge in [0.25, 0.3) is 0 Å². The summed E-state index contributed by atoms with van der Waals surface area (Å²) in [5.74, 6) is 0. The molecule has 2 fully saturated rings. The quantitative estimate of drug-likeness (QED) is 0.906. The standard InChI is InChI=1S/C20H22N2O2/c23-19(24)21-17-11-12-20(17)13-22(14-20)18(15-7-3-1-4-8-15)16-9-5-2-6-10-16/h1-10,17-18,21H,11-14H2,(H,23,24)/t17-/m0/s1. The number of nitrogens with zero attached hydrogens (tertiary/aromatic N) is 1. The molecule has 2 aliphatic rings. The van der Waals surface area contributed by atoms with Crippen LogP contribution in [0.5, 0.6) is 0 Å². The summed E-state index contributed by atoms with van der Waals surface area (Å²) >= 11 is 0. The molecule has 124 valence electrons. The fraction of sp³-hybridized carbons (Fsp3) is 0.350. The monoisotopic (exact) mass is 322 g/mol. The number of benzene rings is 2. The van der Waals surface area contributed by atoms with E-state index >= 15 is 0 Å². The van der Waals surface area contributed by atoms with Gasteiger partial charge in [0.1, 0.15) is 0 Å². The van der Waals surface area contributed by atoms with Crippen LogP contribution in [-0.4, -0.2) is 35.2 Å². The fourth-order valence-corrected chi connectivity index (χ4v) is 4.28. The van der Waals surface area contributed by atoms with Crippen LogP contribution in [0, 0.1) is 5.41 Å². The predicted octanol–water partition coefficient (Wildman–Crippen LogP) is 3.51. The van der Waals surface area contributed by atoms with Crippen LogP contribution < -0.4 is 5.32 Å². The fourth-order valence-electron chi connectivity index (χ4n) is 4.28. The number of rotatable bonds is 4. The van der Waals surface area contributed by atoms with E-state index in [1.807, 2.05) is 12.1 Å². The summed E-state index contributed by atoms with van der Waals surface area (Å²) in [5.41, 5.74) is 2.72. The number of hydrogen-bond donors (Lipinski definition) is 2. The van der Waals surface area contributed by atoms with Gasteiger partial charge in [0.15, 0.2) is 0 Å². The Balaban J connectivity index is 1.55. The van der Waals surface area contributed by atoms with Gasteiger partial charge in [-0.2, -0.15) is 0 Å². The van der Waals surface area contributed by atoms with Gasteiger partial charge in [-0.05, 0) is 24.0 Å². The molecular formula is C20H22N2O2. The van der Waals surface area contributed by atoms with Gasteiger partial charge in [-0.25, -0.2) is 4.79 Å². The highest BCUT2D eigenvalue weighted by Crippen LogP contribution is 2.51. The Morgan fingerprint density at radius 1 is 1.04 bits per heavy atom. The maximum atomic E-state index is 11.0. The molecule has 2 aromatic rings.